The Morgan fingerprint density at radius 3 is 2.35 bits per heavy atom. The molecule has 2 aromatic rings. The number of ether oxygens (including phenoxy) is 1. The number of anilines is 1. The van der Waals surface area contributed by atoms with E-state index in [4.69, 9.17) is 8.92 Å². The quantitative estimate of drug-likeness (QED) is 0.788. The summed E-state index contributed by atoms with van der Waals surface area (Å²) in [5.74, 6) is 0. The number of carbonyl (C=O) groups is 1. The van der Waals surface area contributed by atoms with Crippen LogP contribution in [-0.4, -0.2) is 20.1 Å². The Hall–Kier alpha value is -2.38. The highest BCUT2D eigenvalue weighted by molar-refractivity contribution is 7.86. The van der Waals surface area contributed by atoms with Crippen LogP contribution in [-0.2, 0) is 25.6 Å². The molecule has 0 fully saturated rings. The van der Waals surface area contributed by atoms with Gasteiger partial charge in [0.1, 0.15) is 5.60 Å². The maximum atomic E-state index is 12.2. The van der Waals surface area contributed by atoms with Gasteiger partial charge in [-0.05, 0) is 57.5 Å². The third-order valence-corrected chi connectivity index (χ3v) is 4.54. The summed E-state index contributed by atoms with van der Waals surface area (Å²) in [5, 5.41) is 2.61. The van der Waals surface area contributed by atoms with Gasteiger partial charge >= 0.3 is 6.09 Å². The van der Waals surface area contributed by atoms with E-state index in [0.29, 0.717) is 11.3 Å². The molecule has 0 saturated heterocycles. The second kappa shape index (κ2) is 7.88. The van der Waals surface area contributed by atoms with Crippen LogP contribution in [0.5, 0.6) is 0 Å². The van der Waals surface area contributed by atoms with Gasteiger partial charge in [0.2, 0.25) is 0 Å². The molecule has 0 heterocycles. The van der Waals surface area contributed by atoms with Gasteiger partial charge in [-0.15, -0.1) is 0 Å². The normalized spacial score (nSPS) is 11.8. The molecule has 2 rings (SSSR count). The van der Waals surface area contributed by atoms with Crippen LogP contribution in [0.1, 0.15) is 31.9 Å². The van der Waals surface area contributed by atoms with Gasteiger partial charge in [-0.1, -0.05) is 29.8 Å². The van der Waals surface area contributed by atoms with Crippen LogP contribution < -0.4 is 5.32 Å². The Labute approximate surface area is 154 Å². The molecule has 0 bridgehead atoms. The van der Waals surface area contributed by atoms with Crippen LogP contribution in [0.4, 0.5) is 10.5 Å². The zero-order valence-corrected chi connectivity index (χ0v) is 16.1. The third-order valence-electron chi connectivity index (χ3n) is 3.26. The van der Waals surface area contributed by atoms with E-state index in [1.807, 2.05) is 6.92 Å². The average molecular weight is 377 g/mol. The van der Waals surface area contributed by atoms with Crippen molar-refractivity contribution >= 4 is 21.9 Å². The lowest BCUT2D eigenvalue weighted by molar-refractivity contribution is 0.0636. The Morgan fingerprint density at radius 1 is 1.08 bits per heavy atom. The predicted octanol–water partition coefficient (Wildman–Crippen LogP) is 4.25. The lowest BCUT2D eigenvalue weighted by atomic mass is 10.2. The molecule has 1 N–H and O–H groups in total. The number of amides is 1. The van der Waals surface area contributed by atoms with E-state index in [2.05, 4.69) is 5.32 Å². The van der Waals surface area contributed by atoms with Gasteiger partial charge in [-0.3, -0.25) is 9.50 Å². The van der Waals surface area contributed by atoms with Gasteiger partial charge in [0.25, 0.3) is 10.1 Å². The molecule has 6 nitrogen and oxygen atoms in total. The first-order chi connectivity index (χ1) is 12.0. The molecule has 0 aromatic heterocycles. The number of rotatable bonds is 5. The van der Waals surface area contributed by atoms with Crippen molar-refractivity contribution in [1.29, 1.82) is 0 Å². The second-order valence-electron chi connectivity index (χ2n) is 6.86. The summed E-state index contributed by atoms with van der Waals surface area (Å²) in [6, 6.07) is 13.2. The predicted molar refractivity (Wildman–Crippen MR) is 99.5 cm³/mol. The van der Waals surface area contributed by atoms with Gasteiger partial charge in [-0.25, -0.2) is 4.79 Å². The molecular weight excluding hydrogens is 354 g/mol. The minimum atomic E-state index is -3.85. The van der Waals surface area contributed by atoms with Gasteiger partial charge in [0, 0.05) is 5.69 Å². The molecule has 0 saturated carbocycles. The van der Waals surface area contributed by atoms with Gasteiger partial charge in [0.05, 0.1) is 11.5 Å². The molecule has 0 radical (unpaired) electrons. The number of carbonyl (C=O) groups excluding carboxylic acids is 1. The molecule has 2 aromatic carbocycles. The number of benzene rings is 2. The van der Waals surface area contributed by atoms with Crippen LogP contribution in [0.15, 0.2) is 53.4 Å². The number of hydrogen-bond donors (Lipinski definition) is 1. The van der Waals surface area contributed by atoms with Crippen molar-refractivity contribution in [3.63, 3.8) is 0 Å². The molecular formula is C19H23NO5S. The lowest BCUT2D eigenvalue weighted by Crippen LogP contribution is -2.27. The van der Waals surface area contributed by atoms with Gasteiger partial charge in [-0.2, -0.15) is 8.42 Å². The summed E-state index contributed by atoms with van der Waals surface area (Å²) in [5.41, 5.74) is 1.46. The van der Waals surface area contributed by atoms with E-state index >= 15 is 0 Å². The van der Waals surface area contributed by atoms with E-state index < -0.39 is 21.8 Å². The largest absolute Gasteiger partial charge is 0.444 e. The molecule has 140 valence electrons. The van der Waals surface area contributed by atoms with Crippen molar-refractivity contribution in [1.82, 2.24) is 0 Å². The van der Waals surface area contributed by atoms with Crippen LogP contribution in [0.3, 0.4) is 0 Å². The highest BCUT2D eigenvalue weighted by atomic mass is 32.2. The molecule has 0 unspecified atom stereocenters. The average Bonchev–Trinajstić information content (AvgIpc) is 2.52. The summed E-state index contributed by atoms with van der Waals surface area (Å²) in [4.78, 5) is 11.9. The van der Waals surface area contributed by atoms with E-state index in [-0.39, 0.29) is 11.5 Å². The molecule has 0 atom stereocenters. The van der Waals surface area contributed by atoms with E-state index in [1.165, 1.54) is 12.1 Å². The molecule has 0 aliphatic carbocycles. The summed E-state index contributed by atoms with van der Waals surface area (Å²) >= 11 is 0. The van der Waals surface area contributed by atoms with Crippen molar-refractivity contribution in [2.24, 2.45) is 0 Å². The van der Waals surface area contributed by atoms with Gasteiger partial charge < -0.3 is 4.74 Å². The van der Waals surface area contributed by atoms with Crippen molar-refractivity contribution in [3.8, 4) is 0 Å². The van der Waals surface area contributed by atoms with E-state index in [1.54, 1.807) is 57.2 Å². The molecule has 0 aliphatic heterocycles. The van der Waals surface area contributed by atoms with Crippen LogP contribution in [0.2, 0.25) is 0 Å². The monoisotopic (exact) mass is 377 g/mol. The smallest absolute Gasteiger partial charge is 0.412 e. The number of nitrogens with one attached hydrogen (secondary N) is 1. The van der Waals surface area contributed by atoms with E-state index in [9.17, 15) is 13.2 Å². The summed E-state index contributed by atoms with van der Waals surface area (Å²) < 4.78 is 34.7. The molecule has 0 aliphatic rings. The minimum absolute atomic E-state index is 0.103. The van der Waals surface area contributed by atoms with Crippen molar-refractivity contribution in [2.75, 3.05) is 5.32 Å². The Balaban J connectivity index is 2.02. The fourth-order valence-electron chi connectivity index (χ4n) is 2.08. The fourth-order valence-corrected chi connectivity index (χ4v) is 2.98. The topological polar surface area (TPSA) is 81.7 Å². The highest BCUT2D eigenvalue weighted by Gasteiger charge is 2.17. The molecule has 0 spiro atoms. The maximum Gasteiger partial charge on any atom is 0.412 e. The van der Waals surface area contributed by atoms with Crippen LogP contribution in [0.25, 0.3) is 0 Å². The van der Waals surface area contributed by atoms with E-state index in [0.717, 1.165) is 5.56 Å². The molecule has 26 heavy (non-hydrogen) atoms. The number of aryl methyl sites for hydroxylation is 1. The number of hydrogen-bond acceptors (Lipinski definition) is 5. The van der Waals surface area contributed by atoms with Crippen molar-refractivity contribution in [2.45, 2.75) is 44.8 Å². The highest BCUT2D eigenvalue weighted by Crippen LogP contribution is 2.18. The Bertz CT molecular complexity index is 868. The first-order valence-corrected chi connectivity index (χ1v) is 9.51. The zero-order chi connectivity index (χ0) is 19.4. The first-order valence-electron chi connectivity index (χ1n) is 8.10. The molecule has 7 heteroatoms. The maximum absolute atomic E-state index is 12.2. The third kappa shape index (κ3) is 6.16. The van der Waals surface area contributed by atoms with Crippen LogP contribution in [0, 0.1) is 6.92 Å². The Morgan fingerprint density at radius 2 is 1.73 bits per heavy atom. The first kappa shape index (κ1) is 19.9. The minimum Gasteiger partial charge on any atom is -0.444 e. The molecule has 1 amide bonds. The van der Waals surface area contributed by atoms with Crippen molar-refractivity contribution in [3.05, 3.63) is 59.7 Å². The standard InChI is InChI=1S/C19H23NO5S/c1-14-8-10-17(11-9-14)26(22,23)24-13-15-6-5-7-16(12-15)20-18(21)25-19(2,3)4/h5-12H,13H2,1-4H3,(H,20,21). The fraction of sp³-hybridized carbons (Fsp3) is 0.316. The summed E-state index contributed by atoms with van der Waals surface area (Å²) in [6.45, 7) is 7.05. The SMILES string of the molecule is Cc1ccc(S(=O)(=O)OCc2cccc(NC(=O)OC(C)(C)C)c2)cc1. The second-order valence-corrected chi connectivity index (χ2v) is 8.47. The van der Waals surface area contributed by atoms with Crippen LogP contribution >= 0.6 is 0 Å². The zero-order valence-electron chi connectivity index (χ0n) is 15.3. The summed E-state index contributed by atoms with van der Waals surface area (Å²) in [7, 11) is -3.85. The van der Waals surface area contributed by atoms with Gasteiger partial charge in [0.15, 0.2) is 0 Å². The summed E-state index contributed by atoms with van der Waals surface area (Å²) in [6.07, 6.45) is -0.581. The lowest BCUT2D eigenvalue weighted by Gasteiger charge is -2.19. The van der Waals surface area contributed by atoms with Crippen molar-refractivity contribution < 1.29 is 22.1 Å². The Kier molecular flexibility index (Phi) is 6.05.